The number of carbonyl (C=O) groups is 1. The summed E-state index contributed by atoms with van der Waals surface area (Å²) in [5.74, 6) is 0.740. The summed E-state index contributed by atoms with van der Waals surface area (Å²) in [7, 11) is 0. The summed E-state index contributed by atoms with van der Waals surface area (Å²) in [5, 5.41) is 3.33. The lowest BCUT2D eigenvalue weighted by molar-refractivity contribution is -0.132. The number of piperidine rings is 1. The van der Waals surface area contributed by atoms with Crippen LogP contribution in [-0.4, -0.2) is 30.4 Å². The van der Waals surface area contributed by atoms with Crippen LogP contribution in [0.15, 0.2) is 24.8 Å². The van der Waals surface area contributed by atoms with E-state index in [0.717, 1.165) is 35.1 Å². The van der Waals surface area contributed by atoms with Gasteiger partial charge in [0.05, 0.1) is 10.9 Å². The molecule has 1 aliphatic rings. The molecule has 118 valence electrons. The molecule has 1 aromatic rings. The first-order valence-corrected chi connectivity index (χ1v) is 8.22. The topological polar surface area (TPSA) is 32.3 Å². The molecule has 1 amide bonds. The molecule has 0 aromatic carbocycles. The molecule has 1 saturated heterocycles. The standard InChI is InChI=1S/C15H21ClN2OS.ClH/c1-2-9-18(11-13-3-4-14(16)20-13)15(19)10-12-5-7-17-8-6-12;/h2-4,12,17H,1,5-11H2;1H. The van der Waals surface area contributed by atoms with Gasteiger partial charge in [-0.3, -0.25) is 4.79 Å². The van der Waals surface area contributed by atoms with Crippen molar-refractivity contribution in [1.29, 1.82) is 0 Å². The Bertz CT molecular complexity index is 458. The lowest BCUT2D eigenvalue weighted by Crippen LogP contribution is -2.35. The van der Waals surface area contributed by atoms with Crippen molar-refractivity contribution in [1.82, 2.24) is 10.2 Å². The monoisotopic (exact) mass is 348 g/mol. The van der Waals surface area contributed by atoms with Gasteiger partial charge in [0, 0.05) is 17.8 Å². The van der Waals surface area contributed by atoms with Gasteiger partial charge in [0.2, 0.25) is 5.91 Å². The number of amides is 1. The number of thiophene rings is 1. The molecule has 0 bridgehead atoms. The van der Waals surface area contributed by atoms with Crippen LogP contribution in [0, 0.1) is 5.92 Å². The molecule has 1 N–H and O–H groups in total. The highest BCUT2D eigenvalue weighted by Gasteiger charge is 2.20. The van der Waals surface area contributed by atoms with Crippen molar-refractivity contribution in [3.63, 3.8) is 0 Å². The highest BCUT2D eigenvalue weighted by Crippen LogP contribution is 2.24. The van der Waals surface area contributed by atoms with Crippen LogP contribution in [0.4, 0.5) is 0 Å². The highest BCUT2D eigenvalue weighted by atomic mass is 35.5. The second-order valence-electron chi connectivity index (χ2n) is 5.17. The maximum atomic E-state index is 12.4. The summed E-state index contributed by atoms with van der Waals surface area (Å²) in [5.41, 5.74) is 0. The molecule has 6 heteroatoms. The van der Waals surface area contributed by atoms with Gasteiger partial charge in [0.1, 0.15) is 0 Å². The number of hydrogen-bond donors (Lipinski definition) is 1. The second-order valence-corrected chi connectivity index (χ2v) is 6.97. The lowest BCUT2D eigenvalue weighted by atomic mass is 9.94. The zero-order valence-corrected chi connectivity index (χ0v) is 14.4. The van der Waals surface area contributed by atoms with Crippen molar-refractivity contribution < 1.29 is 4.79 Å². The van der Waals surface area contributed by atoms with Gasteiger partial charge in [0.25, 0.3) is 0 Å². The van der Waals surface area contributed by atoms with Crippen LogP contribution >= 0.6 is 35.3 Å². The normalized spacial score (nSPS) is 15.3. The third kappa shape index (κ3) is 5.99. The van der Waals surface area contributed by atoms with Crippen molar-refractivity contribution in [3.05, 3.63) is 34.0 Å². The number of halogens is 2. The van der Waals surface area contributed by atoms with Gasteiger partial charge in [-0.25, -0.2) is 0 Å². The average molecular weight is 349 g/mol. The summed E-state index contributed by atoms with van der Waals surface area (Å²) < 4.78 is 0.768. The van der Waals surface area contributed by atoms with Crippen LogP contribution in [0.25, 0.3) is 0 Å². The molecule has 3 nitrogen and oxygen atoms in total. The fourth-order valence-corrected chi connectivity index (χ4v) is 3.60. The SMILES string of the molecule is C=CCN(Cc1ccc(Cl)s1)C(=O)CC1CCNCC1.Cl. The highest BCUT2D eigenvalue weighted by molar-refractivity contribution is 7.16. The van der Waals surface area contributed by atoms with E-state index in [-0.39, 0.29) is 18.3 Å². The molecule has 2 heterocycles. The van der Waals surface area contributed by atoms with E-state index in [1.54, 1.807) is 6.08 Å². The average Bonchev–Trinajstić information content (AvgIpc) is 2.85. The third-order valence-corrected chi connectivity index (χ3v) is 4.82. The fourth-order valence-electron chi connectivity index (χ4n) is 2.50. The summed E-state index contributed by atoms with van der Waals surface area (Å²) in [4.78, 5) is 15.4. The largest absolute Gasteiger partial charge is 0.334 e. The zero-order chi connectivity index (χ0) is 14.4. The Balaban J connectivity index is 0.00000220. The Hall–Kier alpha value is -0.550. The van der Waals surface area contributed by atoms with Crippen LogP contribution in [0.1, 0.15) is 24.1 Å². The van der Waals surface area contributed by atoms with E-state index in [0.29, 0.717) is 25.4 Å². The van der Waals surface area contributed by atoms with Crippen molar-refractivity contribution in [2.75, 3.05) is 19.6 Å². The number of nitrogens with zero attached hydrogens (tertiary/aromatic N) is 1. The first kappa shape index (κ1) is 18.5. The summed E-state index contributed by atoms with van der Waals surface area (Å²) >= 11 is 7.48. The number of carbonyl (C=O) groups excluding carboxylic acids is 1. The van der Waals surface area contributed by atoms with Gasteiger partial charge >= 0.3 is 0 Å². The molecule has 0 saturated carbocycles. The molecular weight excluding hydrogens is 327 g/mol. The van der Waals surface area contributed by atoms with Crippen molar-refractivity contribution in [3.8, 4) is 0 Å². The quantitative estimate of drug-likeness (QED) is 0.794. The Labute approximate surface area is 141 Å². The van der Waals surface area contributed by atoms with Crippen LogP contribution in [-0.2, 0) is 11.3 Å². The molecule has 1 aromatic heterocycles. The van der Waals surface area contributed by atoms with E-state index in [9.17, 15) is 4.79 Å². The van der Waals surface area contributed by atoms with E-state index in [2.05, 4.69) is 11.9 Å². The molecule has 0 aliphatic carbocycles. The molecule has 0 atom stereocenters. The van der Waals surface area contributed by atoms with Crippen LogP contribution in [0.5, 0.6) is 0 Å². The van der Waals surface area contributed by atoms with E-state index in [1.165, 1.54) is 11.3 Å². The molecule has 21 heavy (non-hydrogen) atoms. The molecule has 0 radical (unpaired) electrons. The predicted octanol–water partition coefficient (Wildman–Crippen LogP) is 3.73. The van der Waals surface area contributed by atoms with Crippen LogP contribution < -0.4 is 5.32 Å². The van der Waals surface area contributed by atoms with Gasteiger partial charge in [0.15, 0.2) is 0 Å². The summed E-state index contributed by atoms with van der Waals surface area (Å²) in [6, 6.07) is 3.87. The van der Waals surface area contributed by atoms with E-state index in [1.807, 2.05) is 17.0 Å². The molecular formula is C15H22Cl2N2OS. The fraction of sp³-hybridized carbons (Fsp3) is 0.533. The predicted molar refractivity (Wildman–Crippen MR) is 92.4 cm³/mol. The maximum Gasteiger partial charge on any atom is 0.223 e. The minimum absolute atomic E-state index is 0. The van der Waals surface area contributed by atoms with Gasteiger partial charge in [-0.15, -0.1) is 30.3 Å². The minimum atomic E-state index is 0. The maximum absolute atomic E-state index is 12.4. The van der Waals surface area contributed by atoms with Gasteiger partial charge < -0.3 is 10.2 Å². The Morgan fingerprint density at radius 3 is 2.76 bits per heavy atom. The Morgan fingerprint density at radius 1 is 1.48 bits per heavy atom. The first-order valence-electron chi connectivity index (χ1n) is 7.02. The van der Waals surface area contributed by atoms with Crippen molar-refractivity contribution in [2.24, 2.45) is 5.92 Å². The number of hydrogen-bond acceptors (Lipinski definition) is 3. The molecule has 2 rings (SSSR count). The lowest BCUT2D eigenvalue weighted by Gasteiger charge is -2.26. The molecule has 0 unspecified atom stereocenters. The van der Waals surface area contributed by atoms with E-state index >= 15 is 0 Å². The number of nitrogens with one attached hydrogen (secondary N) is 1. The summed E-state index contributed by atoms with van der Waals surface area (Å²) in [6.45, 7) is 7.03. The van der Waals surface area contributed by atoms with Crippen molar-refractivity contribution in [2.45, 2.75) is 25.8 Å². The van der Waals surface area contributed by atoms with Crippen molar-refractivity contribution >= 4 is 41.3 Å². The van der Waals surface area contributed by atoms with Gasteiger partial charge in [-0.1, -0.05) is 17.7 Å². The molecule has 1 aliphatic heterocycles. The van der Waals surface area contributed by atoms with Crippen LogP contribution in [0.3, 0.4) is 0 Å². The Morgan fingerprint density at radius 2 is 2.19 bits per heavy atom. The second kappa shape index (κ2) is 9.46. The summed E-state index contributed by atoms with van der Waals surface area (Å²) in [6.07, 6.45) is 4.63. The third-order valence-electron chi connectivity index (χ3n) is 3.60. The zero-order valence-electron chi connectivity index (χ0n) is 12.0. The minimum Gasteiger partial charge on any atom is -0.334 e. The van der Waals surface area contributed by atoms with E-state index < -0.39 is 0 Å². The first-order chi connectivity index (χ1) is 9.69. The van der Waals surface area contributed by atoms with Crippen LogP contribution in [0.2, 0.25) is 4.34 Å². The number of rotatable bonds is 6. The Kier molecular flexibility index (Phi) is 8.34. The smallest absolute Gasteiger partial charge is 0.223 e. The molecule has 1 fully saturated rings. The molecule has 0 spiro atoms. The van der Waals surface area contributed by atoms with E-state index in [4.69, 9.17) is 11.6 Å². The van der Waals surface area contributed by atoms with Gasteiger partial charge in [-0.05, 0) is 44.0 Å². The van der Waals surface area contributed by atoms with Gasteiger partial charge in [-0.2, -0.15) is 0 Å².